The van der Waals surface area contributed by atoms with Gasteiger partial charge in [-0.1, -0.05) is 31.2 Å². The number of fused-ring (bicyclic) bond motifs is 3. The van der Waals surface area contributed by atoms with Crippen LogP contribution in [0.15, 0.2) is 42.7 Å². The Kier molecular flexibility index (Phi) is 3.26. The third-order valence-electron chi connectivity index (χ3n) is 5.86. The van der Waals surface area contributed by atoms with Crippen LogP contribution in [0.25, 0.3) is 11.1 Å². The monoisotopic (exact) mass is 306 g/mol. The summed E-state index contributed by atoms with van der Waals surface area (Å²) in [6, 6.07) is 11.2. The summed E-state index contributed by atoms with van der Waals surface area (Å²) in [5.74, 6) is 0.294. The minimum Gasteiger partial charge on any atom is -0.342 e. The molecule has 1 aromatic heterocycles. The average molecular weight is 306 g/mol. The maximum absolute atomic E-state index is 12.1. The molecule has 0 saturated carbocycles. The standard InChI is InChI=1S/C20H22N2O/c1-20-10-9-19(23)22(2)18(20)8-6-15-12-14(5-7-17(15)20)16-4-3-11-21-13-16/h3-5,7,11-13,18H,6,8-10H2,1-2H3/t18?,20-/m1/s1. The summed E-state index contributed by atoms with van der Waals surface area (Å²) >= 11 is 0. The summed E-state index contributed by atoms with van der Waals surface area (Å²) in [5.41, 5.74) is 5.36. The third-order valence-corrected chi connectivity index (χ3v) is 5.86. The largest absolute Gasteiger partial charge is 0.342 e. The summed E-state index contributed by atoms with van der Waals surface area (Å²) in [4.78, 5) is 18.3. The highest BCUT2D eigenvalue weighted by Gasteiger charge is 2.46. The van der Waals surface area contributed by atoms with E-state index in [1.54, 1.807) is 0 Å². The van der Waals surface area contributed by atoms with Gasteiger partial charge in [-0.25, -0.2) is 0 Å². The number of carbonyl (C=O) groups is 1. The Morgan fingerprint density at radius 1 is 1.22 bits per heavy atom. The van der Waals surface area contributed by atoms with Gasteiger partial charge in [0.05, 0.1) is 0 Å². The van der Waals surface area contributed by atoms with Crippen LogP contribution in [-0.2, 0) is 16.6 Å². The second kappa shape index (κ2) is 5.19. The first-order chi connectivity index (χ1) is 11.1. The van der Waals surface area contributed by atoms with E-state index in [2.05, 4.69) is 36.2 Å². The molecule has 4 rings (SSSR count). The van der Waals surface area contributed by atoms with Crippen molar-refractivity contribution in [3.05, 3.63) is 53.9 Å². The van der Waals surface area contributed by atoms with E-state index in [1.165, 1.54) is 22.3 Å². The number of amides is 1. The van der Waals surface area contributed by atoms with Crippen LogP contribution in [-0.4, -0.2) is 28.9 Å². The topological polar surface area (TPSA) is 33.2 Å². The number of nitrogens with zero attached hydrogens (tertiary/aromatic N) is 2. The van der Waals surface area contributed by atoms with Crippen molar-refractivity contribution in [2.45, 2.75) is 44.1 Å². The SMILES string of the molecule is CN1C(=O)CC[C@]2(C)c3ccc(-c4cccnc4)cc3CCC12. The molecular weight excluding hydrogens is 284 g/mol. The summed E-state index contributed by atoms with van der Waals surface area (Å²) in [6.45, 7) is 2.34. The highest BCUT2D eigenvalue weighted by molar-refractivity contribution is 5.78. The van der Waals surface area contributed by atoms with Crippen molar-refractivity contribution in [2.75, 3.05) is 7.05 Å². The summed E-state index contributed by atoms with van der Waals surface area (Å²) in [5, 5.41) is 0. The van der Waals surface area contributed by atoms with Crippen molar-refractivity contribution in [3.63, 3.8) is 0 Å². The normalized spacial score (nSPS) is 26.6. The summed E-state index contributed by atoms with van der Waals surface area (Å²) in [6.07, 6.45) is 7.45. The van der Waals surface area contributed by atoms with Crippen LogP contribution in [0.4, 0.5) is 0 Å². The van der Waals surface area contributed by atoms with E-state index in [0.717, 1.165) is 19.3 Å². The van der Waals surface area contributed by atoms with E-state index in [4.69, 9.17) is 0 Å². The number of aromatic nitrogens is 1. The van der Waals surface area contributed by atoms with Gasteiger partial charge in [-0.05, 0) is 47.6 Å². The number of piperidine rings is 1. The lowest BCUT2D eigenvalue weighted by Gasteiger charge is -2.50. The lowest BCUT2D eigenvalue weighted by Crippen LogP contribution is -2.56. The fourth-order valence-electron chi connectivity index (χ4n) is 4.50. The maximum Gasteiger partial charge on any atom is 0.222 e. The number of aryl methyl sites for hydroxylation is 1. The van der Waals surface area contributed by atoms with Crippen molar-refractivity contribution in [1.82, 2.24) is 9.88 Å². The van der Waals surface area contributed by atoms with Crippen molar-refractivity contribution in [3.8, 4) is 11.1 Å². The molecule has 23 heavy (non-hydrogen) atoms. The molecule has 2 heterocycles. The van der Waals surface area contributed by atoms with Gasteiger partial charge < -0.3 is 4.90 Å². The van der Waals surface area contributed by atoms with Crippen LogP contribution < -0.4 is 0 Å². The minimum absolute atomic E-state index is 0.0870. The van der Waals surface area contributed by atoms with E-state index < -0.39 is 0 Å². The lowest BCUT2D eigenvalue weighted by molar-refractivity contribution is -0.138. The van der Waals surface area contributed by atoms with Crippen molar-refractivity contribution in [2.24, 2.45) is 0 Å². The number of hydrogen-bond donors (Lipinski definition) is 0. The molecule has 1 saturated heterocycles. The highest BCUT2D eigenvalue weighted by atomic mass is 16.2. The van der Waals surface area contributed by atoms with Crippen LogP contribution >= 0.6 is 0 Å². The number of benzene rings is 1. The van der Waals surface area contributed by atoms with Crippen LogP contribution in [0.5, 0.6) is 0 Å². The van der Waals surface area contributed by atoms with E-state index in [0.29, 0.717) is 18.4 Å². The number of likely N-dealkylation sites (tertiary alicyclic amines) is 1. The van der Waals surface area contributed by atoms with Gasteiger partial charge in [-0.2, -0.15) is 0 Å². The van der Waals surface area contributed by atoms with Gasteiger partial charge in [0.25, 0.3) is 0 Å². The van der Waals surface area contributed by atoms with E-state index in [-0.39, 0.29) is 5.41 Å². The van der Waals surface area contributed by atoms with E-state index in [1.807, 2.05) is 30.4 Å². The van der Waals surface area contributed by atoms with Crippen molar-refractivity contribution in [1.29, 1.82) is 0 Å². The van der Waals surface area contributed by atoms with Crippen molar-refractivity contribution < 1.29 is 4.79 Å². The first-order valence-corrected chi connectivity index (χ1v) is 8.39. The Bertz CT molecular complexity index is 755. The molecule has 1 aliphatic carbocycles. The summed E-state index contributed by atoms with van der Waals surface area (Å²) < 4.78 is 0. The van der Waals surface area contributed by atoms with Gasteiger partial charge in [-0.15, -0.1) is 0 Å². The second-order valence-corrected chi connectivity index (χ2v) is 7.09. The molecule has 118 valence electrons. The van der Waals surface area contributed by atoms with Crippen LogP contribution in [0.3, 0.4) is 0 Å². The number of rotatable bonds is 1. The molecule has 1 unspecified atom stereocenters. The summed E-state index contributed by atoms with van der Waals surface area (Å²) in [7, 11) is 1.97. The Balaban J connectivity index is 1.76. The van der Waals surface area contributed by atoms with Gasteiger partial charge in [0.15, 0.2) is 0 Å². The zero-order chi connectivity index (χ0) is 16.0. The number of hydrogen-bond acceptors (Lipinski definition) is 2. The average Bonchev–Trinajstić information content (AvgIpc) is 2.59. The molecule has 2 aliphatic rings. The van der Waals surface area contributed by atoms with Gasteiger partial charge in [0.2, 0.25) is 5.91 Å². The minimum atomic E-state index is 0.0870. The first-order valence-electron chi connectivity index (χ1n) is 8.39. The predicted molar refractivity (Wildman–Crippen MR) is 91.1 cm³/mol. The fourth-order valence-corrected chi connectivity index (χ4v) is 4.50. The Labute approximate surface area is 137 Å². The van der Waals surface area contributed by atoms with Crippen molar-refractivity contribution >= 4 is 5.91 Å². The molecule has 0 N–H and O–H groups in total. The van der Waals surface area contributed by atoms with Crippen LogP contribution in [0.2, 0.25) is 0 Å². The zero-order valence-electron chi connectivity index (χ0n) is 13.7. The smallest absolute Gasteiger partial charge is 0.222 e. The van der Waals surface area contributed by atoms with E-state index in [9.17, 15) is 4.79 Å². The Hall–Kier alpha value is -2.16. The number of pyridine rings is 1. The van der Waals surface area contributed by atoms with Crippen LogP contribution in [0, 0.1) is 0 Å². The first kappa shape index (κ1) is 14.4. The van der Waals surface area contributed by atoms with Gasteiger partial charge >= 0.3 is 0 Å². The number of carbonyl (C=O) groups excluding carboxylic acids is 1. The fraction of sp³-hybridized carbons (Fsp3) is 0.400. The molecule has 1 fully saturated rings. The molecule has 3 heteroatoms. The molecule has 1 aromatic carbocycles. The van der Waals surface area contributed by atoms with Gasteiger partial charge in [0, 0.05) is 37.3 Å². The lowest BCUT2D eigenvalue weighted by atomic mass is 9.63. The molecular formula is C20H22N2O. The van der Waals surface area contributed by atoms with E-state index >= 15 is 0 Å². The second-order valence-electron chi connectivity index (χ2n) is 7.09. The zero-order valence-corrected chi connectivity index (χ0v) is 13.7. The van der Waals surface area contributed by atoms with Gasteiger partial charge in [-0.3, -0.25) is 9.78 Å². The number of likely N-dealkylation sites (N-methyl/N-ethyl adjacent to an activating group) is 1. The Morgan fingerprint density at radius 3 is 2.87 bits per heavy atom. The molecule has 1 aliphatic heterocycles. The third kappa shape index (κ3) is 2.18. The van der Waals surface area contributed by atoms with Crippen LogP contribution in [0.1, 0.15) is 37.3 Å². The molecule has 0 spiro atoms. The molecule has 0 bridgehead atoms. The molecule has 0 radical (unpaired) electrons. The quantitative estimate of drug-likeness (QED) is 0.807. The molecule has 2 aromatic rings. The molecule has 3 nitrogen and oxygen atoms in total. The molecule has 1 amide bonds. The maximum atomic E-state index is 12.1. The molecule has 2 atom stereocenters. The predicted octanol–water partition coefficient (Wildman–Crippen LogP) is 3.57. The van der Waals surface area contributed by atoms with Gasteiger partial charge in [0.1, 0.15) is 0 Å². The Morgan fingerprint density at radius 2 is 2.09 bits per heavy atom. The highest BCUT2D eigenvalue weighted by Crippen LogP contribution is 2.46.